The molecule has 1 saturated carbocycles. The Labute approximate surface area is 154 Å². The zero-order chi connectivity index (χ0) is 18.5. The van der Waals surface area contributed by atoms with Crippen LogP contribution in [0.2, 0.25) is 0 Å². The molecule has 7 heteroatoms. The Balaban J connectivity index is 1.42. The minimum atomic E-state index is -3.03. The van der Waals surface area contributed by atoms with Gasteiger partial charge in [-0.3, -0.25) is 9.59 Å². The molecule has 0 bridgehead atoms. The van der Waals surface area contributed by atoms with Crippen LogP contribution in [0.25, 0.3) is 0 Å². The smallest absolute Gasteiger partial charge is 0.230 e. The minimum absolute atomic E-state index is 0.0305. The number of rotatable bonds is 3. The van der Waals surface area contributed by atoms with E-state index in [1.54, 1.807) is 11.9 Å². The first-order valence-corrected chi connectivity index (χ1v) is 11.1. The first-order valence-electron chi connectivity index (χ1n) is 9.24. The van der Waals surface area contributed by atoms with Crippen molar-refractivity contribution in [2.45, 2.75) is 31.7 Å². The van der Waals surface area contributed by atoms with Gasteiger partial charge in [0.25, 0.3) is 0 Å². The lowest BCUT2D eigenvalue weighted by Crippen LogP contribution is -2.41. The van der Waals surface area contributed by atoms with E-state index < -0.39 is 9.84 Å². The summed E-state index contributed by atoms with van der Waals surface area (Å²) in [6.45, 7) is 0.698. The predicted molar refractivity (Wildman–Crippen MR) is 98.5 cm³/mol. The standard InChI is InChI=1S/C19H24N2O4S/c1-20(14-8-10-26(24,25)12-14)18(22)15-11-16(15)19(23)21-9-4-6-13-5-2-3-7-17(13)21/h2-3,5,7,14-16H,4,6,8-12H2,1H3. The lowest BCUT2D eigenvalue weighted by atomic mass is 10.0. The third-order valence-corrected chi connectivity index (χ3v) is 7.66. The van der Waals surface area contributed by atoms with E-state index in [0.29, 0.717) is 19.4 Å². The highest BCUT2D eigenvalue weighted by molar-refractivity contribution is 7.91. The normalized spacial score (nSPS) is 29.1. The highest BCUT2D eigenvalue weighted by Gasteiger charge is 2.52. The number of anilines is 1. The number of amides is 2. The summed E-state index contributed by atoms with van der Waals surface area (Å²) in [5, 5.41) is 0. The van der Waals surface area contributed by atoms with Crippen molar-refractivity contribution in [1.82, 2.24) is 4.90 Å². The van der Waals surface area contributed by atoms with Crippen LogP contribution in [0.3, 0.4) is 0 Å². The van der Waals surface area contributed by atoms with Crippen molar-refractivity contribution in [3.8, 4) is 0 Å². The van der Waals surface area contributed by atoms with Crippen molar-refractivity contribution < 1.29 is 18.0 Å². The second-order valence-corrected chi connectivity index (χ2v) is 9.91. The van der Waals surface area contributed by atoms with Gasteiger partial charge < -0.3 is 9.80 Å². The fourth-order valence-corrected chi connectivity index (χ4v) is 6.00. The number of carbonyl (C=O) groups is 2. The lowest BCUT2D eigenvalue weighted by molar-refractivity contribution is -0.134. The van der Waals surface area contributed by atoms with Gasteiger partial charge in [-0.2, -0.15) is 0 Å². The van der Waals surface area contributed by atoms with Crippen LogP contribution in [-0.2, 0) is 25.8 Å². The number of nitrogens with zero attached hydrogens (tertiary/aromatic N) is 2. The Morgan fingerprint density at radius 1 is 1.19 bits per heavy atom. The quantitative estimate of drug-likeness (QED) is 0.796. The Bertz CT molecular complexity index is 851. The molecule has 1 aliphatic carbocycles. The number of para-hydroxylation sites is 1. The zero-order valence-electron chi connectivity index (χ0n) is 14.9. The zero-order valence-corrected chi connectivity index (χ0v) is 15.7. The Morgan fingerprint density at radius 3 is 2.69 bits per heavy atom. The van der Waals surface area contributed by atoms with Crippen LogP contribution in [0.5, 0.6) is 0 Å². The lowest BCUT2D eigenvalue weighted by Gasteiger charge is -2.30. The van der Waals surface area contributed by atoms with Crippen LogP contribution in [-0.4, -0.2) is 56.3 Å². The van der Waals surface area contributed by atoms with E-state index in [1.165, 1.54) is 5.56 Å². The number of sulfone groups is 1. The molecule has 3 aliphatic rings. The van der Waals surface area contributed by atoms with Gasteiger partial charge in [0.15, 0.2) is 9.84 Å². The summed E-state index contributed by atoms with van der Waals surface area (Å²) in [5.41, 5.74) is 2.15. The summed E-state index contributed by atoms with van der Waals surface area (Å²) < 4.78 is 23.3. The second-order valence-electron chi connectivity index (χ2n) is 7.68. The van der Waals surface area contributed by atoms with Crippen LogP contribution in [0.4, 0.5) is 5.69 Å². The molecule has 0 aromatic heterocycles. The third-order valence-electron chi connectivity index (χ3n) is 5.90. The van der Waals surface area contributed by atoms with Crippen molar-refractivity contribution >= 4 is 27.3 Å². The van der Waals surface area contributed by atoms with Crippen molar-refractivity contribution in [1.29, 1.82) is 0 Å². The molecule has 4 rings (SSSR count). The minimum Gasteiger partial charge on any atom is -0.341 e. The molecule has 2 heterocycles. The number of aryl methyl sites for hydroxylation is 1. The van der Waals surface area contributed by atoms with Crippen LogP contribution in [0, 0.1) is 11.8 Å². The van der Waals surface area contributed by atoms with E-state index >= 15 is 0 Å². The van der Waals surface area contributed by atoms with Gasteiger partial charge >= 0.3 is 0 Å². The van der Waals surface area contributed by atoms with Crippen molar-refractivity contribution in [2.24, 2.45) is 11.8 Å². The maximum absolute atomic E-state index is 12.9. The molecule has 26 heavy (non-hydrogen) atoms. The summed E-state index contributed by atoms with van der Waals surface area (Å²) >= 11 is 0. The molecular formula is C19H24N2O4S. The Hall–Kier alpha value is -1.89. The molecule has 1 saturated heterocycles. The SMILES string of the molecule is CN(C(=O)C1CC1C(=O)N1CCCc2ccccc21)C1CCS(=O)(=O)C1. The molecule has 3 unspecified atom stereocenters. The van der Waals surface area contributed by atoms with E-state index in [4.69, 9.17) is 0 Å². The Morgan fingerprint density at radius 2 is 1.96 bits per heavy atom. The number of carbonyl (C=O) groups excluding carboxylic acids is 2. The molecule has 1 aromatic rings. The summed E-state index contributed by atoms with van der Waals surface area (Å²) in [6.07, 6.45) is 2.98. The molecule has 2 fully saturated rings. The van der Waals surface area contributed by atoms with Gasteiger partial charge in [-0.05, 0) is 37.3 Å². The summed E-state index contributed by atoms with van der Waals surface area (Å²) in [6, 6.07) is 7.70. The number of hydrogen-bond acceptors (Lipinski definition) is 4. The summed E-state index contributed by atoms with van der Waals surface area (Å²) in [5.74, 6) is -0.440. The van der Waals surface area contributed by atoms with Gasteiger partial charge in [0.2, 0.25) is 11.8 Å². The van der Waals surface area contributed by atoms with E-state index in [9.17, 15) is 18.0 Å². The predicted octanol–water partition coefficient (Wildman–Crippen LogP) is 1.25. The highest BCUT2D eigenvalue weighted by Crippen LogP contribution is 2.43. The van der Waals surface area contributed by atoms with Crippen LogP contribution in [0.1, 0.15) is 24.8 Å². The molecule has 1 aromatic carbocycles. The number of fused-ring (bicyclic) bond motifs is 1. The first-order chi connectivity index (χ1) is 12.4. The molecule has 0 radical (unpaired) electrons. The molecule has 0 spiro atoms. The number of benzene rings is 1. The Kier molecular flexibility index (Phi) is 4.29. The molecule has 6 nitrogen and oxygen atoms in total. The first kappa shape index (κ1) is 17.5. The average Bonchev–Trinajstić information content (AvgIpc) is 3.36. The molecular weight excluding hydrogens is 352 g/mol. The van der Waals surface area contributed by atoms with E-state index in [1.807, 2.05) is 23.1 Å². The topological polar surface area (TPSA) is 74.8 Å². The van der Waals surface area contributed by atoms with Gasteiger partial charge in [0, 0.05) is 25.3 Å². The fraction of sp³-hybridized carbons (Fsp3) is 0.579. The van der Waals surface area contributed by atoms with Gasteiger partial charge in [-0.25, -0.2) is 8.42 Å². The summed E-state index contributed by atoms with van der Waals surface area (Å²) in [4.78, 5) is 29.0. The average molecular weight is 376 g/mol. The molecule has 3 atom stereocenters. The molecule has 2 aliphatic heterocycles. The summed E-state index contributed by atoms with van der Waals surface area (Å²) in [7, 11) is -1.36. The largest absolute Gasteiger partial charge is 0.341 e. The van der Waals surface area contributed by atoms with Gasteiger partial charge in [-0.1, -0.05) is 18.2 Å². The second kappa shape index (κ2) is 6.37. The van der Waals surface area contributed by atoms with Crippen molar-refractivity contribution in [3.05, 3.63) is 29.8 Å². The third kappa shape index (κ3) is 3.13. The van der Waals surface area contributed by atoms with Gasteiger partial charge in [-0.15, -0.1) is 0 Å². The molecule has 140 valence electrons. The van der Waals surface area contributed by atoms with Gasteiger partial charge in [0.05, 0.1) is 23.3 Å². The van der Waals surface area contributed by atoms with Crippen LogP contribution in [0.15, 0.2) is 24.3 Å². The van der Waals surface area contributed by atoms with E-state index in [0.717, 1.165) is 18.5 Å². The monoisotopic (exact) mass is 376 g/mol. The maximum Gasteiger partial charge on any atom is 0.230 e. The van der Waals surface area contributed by atoms with Crippen LogP contribution < -0.4 is 4.90 Å². The van der Waals surface area contributed by atoms with E-state index in [-0.39, 0.29) is 41.2 Å². The van der Waals surface area contributed by atoms with Crippen molar-refractivity contribution in [3.63, 3.8) is 0 Å². The molecule has 2 amide bonds. The van der Waals surface area contributed by atoms with Gasteiger partial charge in [0.1, 0.15) is 0 Å². The highest BCUT2D eigenvalue weighted by atomic mass is 32.2. The number of hydrogen-bond donors (Lipinski definition) is 0. The van der Waals surface area contributed by atoms with E-state index in [2.05, 4.69) is 6.07 Å². The fourth-order valence-electron chi connectivity index (χ4n) is 4.23. The maximum atomic E-state index is 12.9. The van der Waals surface area contributed by atoms with Crippen LogP contribution >= 0.6 is 0 Å². The van der Waals surface area contributed by atoms with Crippen molar-refractivity contribution in [2.75, 3.05) is 30.0 Å². The molecule has 0 N–H and O–H groups in total.